The molecule has 0 bridgehead atoms. The fourth-order valence-corrected chi connectivity index (χ4v) is 21.8. The summed E-state index contributed by atoms with van der Waals surface area (Å²) in [5, 5.41) is 24.2. The first-order chi connectivity index (χ1) is 68.7. The molecule has 0 fully saturated rings. The minimum Gasteiger partial charge on any atom is -0.544 e. The number of aromatic amines is 1. The number of likely N-dealkylation sites (N-methyl/N-ethyl adjacent to an activating group) is 1. The van der Waals surface area contributed by atoms with Crippen LogP contribution in [0.2, 0.25) is 0 Å². The van der Waals surface area contributed by atoms with Crippen LogP contribution in [0.4, 0.5) is 34.1 Å². The summed E-state index contributed by atoms with van der Waals surface area (Å²) in [6.07, 6.45) is 11.5. The van der Waals surface area contributed by atoms with Crippen molar-refractivity contribution in [1.29, 1.82) is 0 Å². The summed E-state index contributed by atoms with van der Waals surface area (Å²) in [6.45, 7) is 22.8. The quantitative estimate of drug-likeness (QED) is 0.0329. The second-order valence-corrected chi connectivity index (χ2v) is 37.9. The lowest BCUT2D eigenvalue weighted by Crippen LogP contribution is -2.69. The van der Waals surface area contributed by atoms with Gasteiger partial charge in [0.1, 0.15) is 29.0 Å². The molecule has 142 heavy (non-hydrogen) atoms. The molecule has 24 rings (SSSR count). The van der Waals surface area contributed by atoms with Gasteiger partial charge in [0.15, 0.2) is 12.5 Å². The predicted octanol–water partition coefficient (Wildman–Crippen LogP) is 23.2. The van der Waals surface area contributed by atoms with Gasteiger partial charge in [-0.15, -0.1) is 0 Å². The van der Waals surface area contributed by atoms with Crippen LogP contribution in [0, 0.1) is 0 Å². The Hall–Kier alpha value is -16.9. The van der Waals surface area contributed by atoms with Gasteiger partial charge in [-0.2, -0.15) is 0 Å². The lowest BCUT2D eigenvalue weighted by atomic mass is 9.81. The van der Waals surface area contributed by atoms with Gasteiger partial charge in [-0.3, -0.25) is 38.4 Å². The van der Waals surface area contributed by atoms with E-state index in [4.69, 9.17) is 18.9 Å². The number of aromatic nitrogens is 1. The molecule has 0 radical (unpaired) electrons. The van der Waals surface area contributed by atoms with Crippen molar-refractivity contribution in [3.63, 3.8) is 0 Å². The molecule has 3 unspecified atom stereocenters. The van der Waals surface area contributed by atoms with Gasteiger partial charge in [0, 0.05) is 109 Å². The smallest absolute Gasteiger partial charge is 0.266 e. The number of para-hydroxylation sites is 7. The first-order valence-electron chi connectivity index (χ1n) is 48.2. The molecular weight excluding hydrogens is 1780 g/mol. The summed E-state index contributed by atoms with van der Waals surface area (Å²) in [5.41, 5.74) is 17.6. The van der Waals surface area contributed by atoms with Gasteiger partial charge < -0.3 is 49.4 Å². The van der Waals surface area contributed by atoms with Crippen LogP contribution < -0.4 is 59.2 Å². The van der Waals surface area contributed by atoms with Crippen molar-refractivity contribution in [2.45, 2.75) is 124 Å². The number of hydrogen-bond acceptors (Lipinski definition) is 16. The monoisotopic (exact) mass is 1880 g/mol. The number of H-pyrrole nitrogens is 1. The summed E-state index contributed by atoms with van der Waals surface area (Å²) >= 11 is 0. The number of aliphatic carboxylic acids is 1. The average molecular weight is 1880 g/mol. The fraction of sp³-hybridized carbons (Fsp3) is 0.192. The summed E-state index contributed by atoms with van der Waals surface area (Å²) in [6, 6.07) is 79.1. The molecule has 3 atom stereocenters. The number of amides is 8. The number of carboxylic acid groups (broad SMARTS) is 1. The number of benzene rings is 17. The van der Waals surface area contributed by atoms with E-state index >= 15 is 0 Å². The zero-order chi connectivity index (χ0) is 99.0. The Labute approximate surface area is 819 Å². The molecule has 8 amide bonds. The maximum absolute atomic E-state index is 14.6. The first kappa shape index (κ1) is 91.6. The molecule has 6 aliphatic heterocycles. The predicted molar refractivity (Wildman–Crippen MR) is 559 cm³/mol. The number of nitrogens with zero attached hydrogens (tertiary/aromatic N) is 6. The molecule has 6 aliphatic rings. The molecule has 4 N–H and O–H groups in total. The number of fused-ring (bicyclic) bond motifs is 7. The second kappa shape index (κ2) is 36.2. The number of imide groups is 4. The summed E-state index contributed by atoms with van der Waals surface area (Å²) in [5.74, 6) is -0.493. The highest BCUT2D eigenvalue weighted by molar-refractivity contribution is 6.48. The van der Waals surface area contributed by atoms with Crippen LogP contribution in [0.1, 0.15) is 210 Å². The summed E-state index contributed by atoms with van der Waals surface area (Å²) in [4.78, 5) is 138. The van der Waals surface area contributed by atoms with Gasteiger partial charge in [-0.1, -0.05) is 201 Å². The first-order valence-corrected chi connectivity index (χ1v) is 48.2. The number of methoxy groups -OCH3 is 2. The van der Waals surface area contributed by atoms with Crippen molar-refractivity contribution in [3.05, 3.63) is 358 Å². The van der Waals surface area contributed by atoms with Crippen LogP contribution in [0.15, 0.2) is 285 Å². The van der Waals surface area contributed by atoms with Crippen LogP contribution in [0.25, 0.3) is 97.1 Å². The minimum atomic E-state index is -1.11. The molecule has 0 spiro atoms. The van der Waals surface area contributed by atoms with Gasteiger partial charge >= 0.3 is 0 Å². The van der Waals surface area contributed by atoms with Crippen molar-refractivity contribution in [2.75, 3.05) is 56.7 Å². The number of ether oxygens (including phenoxy) is 4. The highest BCUT2D eigenvalue weighted by Gasteiger charge is 2.44. The number of nitrogens with one attached hydrogen (secondary N) is 1. The number of anilines is 6. The van der Waals surface area contributed by atoms with E-state index in [0.29, 0.717) is 107 Å². The third-order valence-electron chi connectivity index (χ3n) is 28.6. The maximum Gasteiger partial charge on any atom is 0.266 e. The van der Waals surface area contributed by atoms with Crippen LogP contribution in [0.3, 0.4) is 0 Å². The molecule has 0 saturated carbocycles. The number of carbonyl (C=O) groups is 9. The van der Waals surface area contributed by atoms with E-state index in [1.165, 1.54) is 25.3 Å². The molecule has 18 aromatic rings. The zero-order valence-corrected chi connectivity index (χ0v) is 80.6. The van der Waals surface area contributed by atoms with E-state index in [1.54, 1.807) is 87.0 Å². The van der Waals surface area contributed by atoms with Crippen LogP contribution in [0.5, 0.6) is 23.0 Å². The number of allylic oxidation sites excluding steroid dienone is 2. The Morgan fingerprint density at radius 1 is 0.373 bits per heavy atom. The van der Waals surface area contributed by atoms with Crippen LogP contribution in [-0.2, 0) is 11.2 Å². The Morgan fingerprint density at radius 2 is 0.697 bits per heavy atom. The van der Waals surface area contributed by atoms with E-state index in [0.717, 1.165) is 140 Å². The summed E-state index contributed by atoms with van der Waals surface area (Å²) < 4.78 is 22.6. The van der Waals surface area contributed by atoms with Gasteiger partial charge in [-0.05, 0) is 263 Å². The lowest BCUT2D eigenvalue weighted by molar-refractivity contribution is -0.436. The Morgan fingerprint density at radius 3 is 1.04 bits per heavy atom. The average Bonchev–Trinajstić information content (AvgIpc) is 0.914. The molecule has 0 aliphatic carbocycles. The molecular formula is C120H102N8O14. The van der Waals surface area contributed by atoms with Gasteiger partial charge in [0.25, 0.3) is 47.3 Å². The third kappa shape index (κ3) is 14.7. The highest BCUT2D eigenvalue weighted by atomic mass is 16.5. The van der Waals surface area contributed by atoms with E-state index in [9.17, 15) is 48.3 Å². The molecule has 17 aromatic carbocycles. The van der Waals surface area contributed by atoms with Crippen molar-refractivity contribution in [1.82, 2.24) is 4.98 Å². The number of rotatable bonds is 19. The normalized spacial score (nSPS) is 15.6. The van der Waals surface area contributed by atoms with Crippen molar-refractivity contribution < 1.29 is 72.9 Å². The molecule has 0 saturated heterocycles. The molecule has 706 valence electrons. The van der Waals surface area contributed by atoms with Crippen LogP contribution in [-0.4, -0.2) is 104 Å². The van der Waals surface area contributed by atoms with E-state index in [2.05, 4.69) is 138 Å². The topological polar surface area (TPSA) is 276 Å². The number of hydrogen-bond donors (Lipinski definition) is 2. The van der Waals surface area contributed by atoms with E-state index in [1.807, 2.05) is 164 Å². The zero-order valence-electron chi connectivity index (χ0n) is 80.6. The van der Waals surface area contributed by atoms with Gasteiger partial charge in [0.2, 0.25) is 0 Å². The van der Waals surface area contributed by atoms with Crippen molar-refractivity contribution >= 4 is 184 Å². The highest BCUT2D eigenvalue weighted by Crippen LogP contribution is 2.53. The Balaban J connectivity index is 0.000000122. The second-order valence-electron chi connectivity index (χ2n) is 37.9. The third-order valence-corrected chi connectivity index (χ3v) is 28.6. The minimum absolute atomic E-state index is 0.0452. The molecule has 1 aromatic heterocycles. The van der Waals surface area contributed by atoms with E-state index in [-0.39, 0.29) is 59.8 Å². The molecule has 7 heterocycles. The standard InChI is InChI=1S/C48H42N2O4.C38H22N2O6.C23H26N2O2.C11H12N2O2/c1-23(2)27-11-9-12-28(24(3)4)43(27)49-45(51)35-19-15-31-33-17-21-37-42-38(22-18-34(40(33)42)32-16-20-36(46(49)52)41(35)39(31)32)48(54)50(47(37)53)44-29(25(5)6)13-10-14-30(44)26(7)8;1-45-21-7-3-19(4-8-21)39-35(41)27-15-11-23-25-13-17-29-34-30(38(44)40(37(29)43)20-5-9-22(46-2)10-6-20)18-14-26(32(25)34)24-12-16-28(36(39)42)33(27)31(23)24;1-3-24-18-12-8-10-14-20(18)26-22(24)16-6-5-7-17-23-25(4-2)19-13-9-11-15-21(19)27-23;12-9(11(14)15)5-7-6-13-10-4-2-1-3-8(7)10/h9-26H,1-8H3;3-18H,1-2H3;5-16,22-23H,3-4,17H2,1-2H3;1-4,6,9,13H,5,12H2,(H,14,15)/b;;7-5+,16-6+;. The maximum atomic E-state index is 14.6. The van der Waals surface area contributed by atoms with Crippen molar-refractivity contribution in [3.8, 4) is 23.0 Å². The number of quaternary nitrogens is 1. The molecule has 22 nitrogen and oxygen atoms in total. The Kier molecular flexibility index (Phi) is 23.3. The Bertz CT molecular complexity index is 7760. The van der Waals surface area contributed by atoms with Gasteiger partial charge in [0.05, 0.1) is 54.3 Å². The van der Waals surface area contributed by atoms with E-state index < -0.39 is 35.6 Å². The van der Waals surface area contributed by atoms with Crippen molar-refractivity contribution in [2.24, 2.45) is 0 Å². The number of carbonyl (C=O) groups excluding carboxylic acids is 9. The largest absolute Gasteiger partial charge is 0.544 e. The van der Waals surface area contributed by atoms with Crippen LogP contribution >= 0.6 is 0 Å². The number of carboxylic acids is 1. The fourth-order valence-electron chi connectivity index (χ4n) is 21.8. The lowest BCUT2D eigenvalue weighted by Gasteiger charge is -2.33. The SMILES string of the molecule is CC(C)c1cccc(C(C)C)c1N1C(=O)c2ccc3c4ccc5c6c(ccc(c7ccc(c2c37)C1=O)c64)C(=O)N(c1c(C(C)C)cccc1C(C)C)C5=O.CCN1c2ccccc2OC1/C=C/C=C/CC1Oc2ccccc2N1CC.COc1ccc(N2C(=O)c3ccc4c5ccc6c7c(ccc(c8ccc(c3c48)C2=O)c75)C(=O)N(c2ccc(OC)cc2)C6=O)cc1.[NH3+]C(Cc1c[nH]c2ccccc12)C(=O)[O-]. The van der Waals surface area contributed by atoms with Gasteiger partial charge in [-0.25, -0.2) is 19.6 Å². The summed E-state index contributed by atoms with van der Waals surface area (Å²) in [7, 11) is 3.11. The molecule has 22 heteroatoms.